The minimum Gasteiger partial charge on any atom is -0.493 e. The molecule has 0 saturated carbocycles. The number of urea groups is 1. The third-order valence-corrected chi connectivity index (χ3v) is 6.16. The molecule has 9 nitrogen and oxygen atoms in total. The van der Waals surface area contributed by atoms with Gasteiger partial charge in [-0.2, -0.15) is 0 Å². The summed E-state index contributed by atoms with van der Waals surface area (Å²) in [5.74, 6) is 0.834. The fourth-order valence-electron chi connectivity index (χ4n) is 4.48. The van der Waals surface area contributed by atoms with Crippen molar-refractivity contribution in [1.82, 2.24) is 20.1 Å². The number of hydrogen-bond donors (Lipinski definition) is 1. The lowest BCUT2D eigenvalue weighted by molar-refractivity contribution is -0.139. The van der Waals surface area contributed by atoms with E-state index < -0.39 is 17.5 Å². The van der Waals surface area contributed by atoms with Crippen molar-refractivity contribution in [2.75, 3.05) is 44.2 Å². The number of ether oxygens (including phenoxy) is 1. The summed E-state index contributed by atoms with van der Waals surface area (Å²) in [6.07, 6.45) is 2.08. The van der Waals surface area contributed by atoms with Crippen LogP contribution < -0.4 is 15.0 Å². The van der Waals surface area contributed by atoms with Crippen LogP contribution >= 0.6 is 0 Å². The smallest absolute Gasteiger partial charge is 0.325 e. The number of fused-ring (bicyclic) bond motifs is 2. The highest BCUT2D eigenvalue weighted by molar-refractivity contribution is 6.09. The van der Waals surface area contributed by atoms with Crippen molar-refractivity contribution in [2.24, 2.45) is 0 Å². The average Bonchev–Trinajstić information content (AvgIpc) is 3.04. The van der Waals surface area contributed by atoms with E-state index in [9.17, 15) is 14.4 Å². The van der Waals surface area contributed by atoms with Gasteiger partial charge in [-0.15, -0.1) is 0 Å². The van der Waals surface area contributed by atoms with Gasteiger partial charge in [0, 0.05) is 44.4 Å². The molecule has 2 fully saturated rings. The van der Waals surface area contributed by atoms with E-state index in [1.54, 1.807) is 23.2 Å². The number of piperazine rings is 1. The number of nitrogens with one attached hydrogen (secondary N) is 1. The van der Waals surface area contributed by atoms with Gasteiger partial charge in [-0.3, -0.25) is 14.5 Å². The summed E-state index contributed by atoms with van der Waals surface area (Å²) in [6, 6.07) is 12.4. The van der Waals surface area contributed by atoms with E-state index >= 15 is 0 Å². The summed E-state index contributed by atoms with van der Waals surface area (Å²) in [5.41, 5.74) is -0.525. The summed E-state index contributed by atoms with van der Waals surface area (Å²) in [7, 11) is 0. The minimum atomic E-state index is -1.16. The molecule has 1 N–H and O–H groups in total. The van der Waals surface area contributed by atoms with Crippen LogP contribution in [-0.4, -0.2) is 72.0 Å². The molecular formula is C22H23N5O4. The van der Waals surface area contributed by atoms with Crippen molar-refractivity contribution in [1.29, 1.82) is 0 Å². The number of rotatable bonds is 3. The predicted molar refractivity (Wildman–Crippen MR) is 112 cm³/mol. The molecule has 3 aliphatic heterocycles. The highest BCUT2D eigenvalue weighted by Gasteiger charge is 2.55. The summed E-state index contributed by atoms with van der Waals surface area (Å²) in [4.78, 5) is 48.1. The molecule has 1 aromatic carbocycles. The van der Waals surface area contributed by atoms with Crippen LogP contribution in [0.2, 0.25) is 0 Å². The Labute approximate surface area is 179 Å². The molecule has 4 heterocycles. The van der Waals surface area contributed by atoms with Gasteiger partial charge >= 0.3 is 6.03 Å². The molecule has 2 saturated heterocycles. The standard InChI is InChI=1S/C22H23N5O4/c28-19(26-12-10-25(11-13-26)18-7-3-4-9-23-18)15-27-20(29)22(24-21(27)30)8-14-31-17-6-2-1-5-16(17)22/h1-7,9H,8,10-15H2,(H,24,30). The zero-order valence-corrected chi connectivity index (χ0v) is 17.0. The van der Waals surface area contributed by atoms with Crippen LogP contribution in [0.15, 0.2) is 48.7 Å². The monoisotopic (exact) mass is 421 g/mol. The number of anilines is 1. The molecule has 160 valence electrons. The van der Waals surface area contributed by atoms with Gasteiger partial charge in [-0.25, -0.2) is 9.78 Å². The lowest BCUT2D eigenvalue weighted by atomic mass is 9.84. The SMILES string of the molecule is O=C(CN1C(=O)NC2(CCOc3ccccc32)C1=O)N1CCN(c2ccccn2)CC1. The van der Waals surface area contributed by atoms with Gasteiger partial charge in [-0.1, -0.05) is 24.3 Å². The third kappa shape index (κ3) is 3.26. The topological polar surface area (TPSA) is 95.1 Å². The molecule has 1 aromatic heterocycles. The molecule has 3 aliphatic rings. The molecule has 0 aliphatic carbocycles. The number of carbonyl (C=O) groups is 3. The van der Waals surface area contributed by atoms with Crippen LogP contribution in [0.3, 0.4) is 0 Å². The summed E-state index contributed by atoms with van der Waals surface area (Å²) < 4.78 is 5.64. The first-order chi connectivity index (χ1) is 15.1. The molecule has 4 amide bonds. The van der Waals surface area contributed by atoms with Crippen molar-refractivity contribution in [2.45, 2.75) is 12.0 Å². The predicted octanol–water partition coefficient (Wildman–Crippen LogP) is 0.960. The van der Waals surface area contributed by atoms with Gasteiger partial charge in [0.15, 0.2) is 5.54 Å². The number of hydrogen-bond acceptors (Lipinski definition) is 6. The summed E-state index contributed by atoms with van der Waals surface area (Å²) >= 11 is 0. The zero-order valence-electron chi connectivity index (χ0n) is 17.0. The maximum absolute atomic E-state index is 13.3. The Morgan fingerprint density at radius 1 is 1.06 bits per heavy atom. The van der Waals surface area contributed by atoms with Crippen LogP contribution in [-0.2, 0) is 15.1 Å². The molecule has 1 atom stereocenters. The molecule has 0 radical (unpaired) electrons. The van der Waals surface area contributed by atoms with Gasteiger partial charge in [0.05, 0.1) is 6.61 Å². The minimum absolute atomic E-state index is 0.235. The molecular weight excluding hydrogens is 398 g/mol. The van der Waals surface area contributed by atoms with Crippen molar-refractivity contribution in [3.8, 4) is 5.75 Å². The Kier molecular flexibility index (Phi) is 4.72. The number of aromatic nitrogens is 1. The maximum atomic E-state index is 13.3. The second-order valence-electron chi connectivity index (χ2n) is 7.88. The molecule has 0 bridgehead atoms. The lowest BCUT2D eigenvalue weighted by Crippen LogP contribution is -2.52. The Morgan fingerprint density at radius 3 is 2.61 bits per heavy atom. The third-order valence-electron chi connectivity index (χ3n) is 6.16. The van der Waals surface area contributed by atoms with E-state index in [0.717, 1.165) is 10.7 Å². The number of benzene rings is 1. The van der Waals surface area contributed by atoms with E-state index in [1.165, 1.54) is 0 Å². The number of nitrogens with zero attached hydrogens (tertiary/aromatic N) is 4. The summed E-state index contributed by atoms with van der Waals surface area (Å²) in [5, 5.41) is 2.83. The van der Waals surface area contributed by atoms with Crippen LogP contribution in [0.4, 0.5) is 10.6 Å². The van der Waals surface area contributed by atoms with Crippen LogP contribution in [0, 0.1) is 0 Å². The Balaban J connectivity index is 1.27. The quantitative estimate of drug-likeness (QED) is 0.742. The van der Waals surface area contributed by atoms with Crippen LogP contribution in [0.5, 0.6) is 5.75 Å². The van der Waals surface area contributed by atoms with Gasteiger partial charge in [0.1, 0.15) is 18.1 Å². The van der Waals surface area contributed by atoms with E-state index in [1.807, 2.05) is 30.3 Å². The molecule has 9 heteroatoms. The van der Waals surface area contributed by atoms with E-state index in [-0.39, 0.29) is 12.5 Å². The normalized spacial score (nSPS) is 22.9. The van der Waals surface area contributed by atoms with Crippen LogP contribution in [0.1, 0.15) is 12.0 Å². The first-order valence-corrected chi connectivity index (χ1v) is 10.4. The number of para-hydroxylation sites is 1. The van der Waals surface area contributed by atoms with Gasteiger partial charge in [0.25, 0.3) is 5.91 Å². The lowest BCUT2D eigenvalue weighted by Gasteiger charge is -2.36. The zero-order chi connectivity index (χ0) is 21.4. The molecule has 2 aromatic rings. The average molecular weight is 421 g/mol. The van der Waals surface area contributed by atoms with Gasteiger partial charge in [0.2, 0.25) is 5.91 Å². The molecule has 1 unspecified atom stereocenters. The highest BCUT2D eigenvalue weighted by atomic mass is 16.5. The van der Waals surface area contributed by atoms with Crippen molar-refractivity contribution >= 4 is 23.7 Å². The van der Waals surface area contributed by atoms with E-state index in [4.69, 9.17) is 4.74 Å². The Hall–Kier alpha value is -3.62. The summed E-state index contributed by atoms with van der Waals surface area (Å²) in [6.45, 7) is 2.39. The van der Waals surface area contributed by atoms with E-state index in [2.05, 4.69) is 15.2 Å². The van der Waals surface area contributed by atoms with Gasteiger partial charge in [-0.05, 0) is 18.2 Å². The van der Waals surface area contributed by atoms with Crippen LogP contribution in [0.25, 0.3) is 0 Å². The Morgan fingerprint density at radius 2 is 1.84 bits per heavy atom. The first-order valence-electron chi connectivity index (χ1n) is 10.4. The maximum Gasteiger partial charge on any atom is 0.325 e. The fraction of sp³-hybridized carbons (Fsp3) is 0.364. The first kappa shape index (κ1) is 19.3. The van der Waals surface area contributed by atoms with Gasteiger partial charge < -0.3 is 19.9 Å². The molecule has 5 rings (SSSR count). The van der Waals surface area contributed by atoms with Crippen molar-refractivity contribution < 1.29 is 19.1 Å². The number of imide groups is 1. The number of carbonyl (C=O) groups excluding carboxylic acids is 3. The van der Waals surface area contributed by atoms with Crippen molar-refractivity contribution in [3.63, 3.8) is 0 Å². The Bertz CT molecular complexity index is 1020. The largest absolute Gasteiger partial charge is 0.493 e. The second-order valence-corrected chi connectivity index (χ2v) is 7.88. The second kappa shape index (κ2) is 7.57. The number of pyridine rings is 1. The van der Waals surface area contributed by atoms with Crippen molar-refractivity contribution in [3.05, 3.63) is 54.2 Å². The highest BCUT2D eigenvalue weighted by Crippen LogP contribution is 2.40. The fourth-order valence-corrected chi connectivity index (χ4v) is 4.48. The van der Waals surface area contributed by atoms with E-state index in [0.29, 0.717) is 50.5 Å². The molecule has 31 heavy (non-hydrogen) atoms. The molecule has 1 spiro atoms. The number of amides is 4.